The molecule has 1 aromatic rings. The van der Waals surface area contributed by atoms with Crippen LogP contribution in [0.25, 0.3) is 0 Å². The average Bonchev–Trinajstić information content (AvgIpc) is 2.45. The quantitative estimate of drug-likeness (QED) is 0.768. The minimum absolute atomic E-state index is 0.0346. The third-order valence-corrected chi connectivity index (χ3v) is 3.37. The van der Waals surface area contributed by atoms with Crippen LogP contribution in [0.2, 0.25) is 5.02 Å². The predicted molar refractivity (Wildman–Crippen MR) is 80.5 cm³/mol. The van der Waals surface area contributed by atoms with E-state index in [0.29, 0.717) is 12.8 Å². The molecule has 0 aliphatic carbocycles. The lowest BCUT2D eigenvalue weighted by molar-refractivity contribution is -0.142. The molecule has 1 aromatic carbocycles. The van der Waals surface area contributed by atoms with Crippen molar-refractivity contribution in [3.63, 3.8) is 0 Å². The Bertz CT molecular complexity index is 538. The number of hydrogen-bond acceptors (Lipinski definition) is 3. The number of halogens is 2. The molecule has 5 nitrogen and oxygen atoms in total. The normalized spacial score (nSPS) is 13.3. The summed E-state index contributed by atoms with van der Waals surface area (Å²) in [5.41, 5.74) is 0. The predicted octanol–water partition coefficient (Wildman–Crippen LogP) is 2.86. The van der Waals surface area contributed by atoms with Crippen molar-refractivity contribution in [2.75, 3.05) is 6.54 Å². The van der Waals surface area contributed by atoms with Gasteiger partial charge < -0.3 is 15.2 Å². The van der Waals surface area contributed by atoms with E-state index >= 15 is 0 Å². The Morgan fingerprint density at radius 3 is 2.68 bits per heavy atom. The van der Waals surface area contributed by atoms with E-state index in [1.54, 1.807) is 0 Å². The van der Waals surface area contributed by atoms with Crippen LogP contribution in [0.1, 0.15) is 26.7 Å². The summed E-state index contributed by atoms with van der Waals surface area (Å²) in [4.78, 5) is 22.9. The van der Waals surface area contributed by atoms with Crippen LogP contribution in [0.15, 0.2) is 18.2 Å². The van der Waals surface area contributed by atoms with Gasteiger partial charge in [0.2, 0.25) is 0 Å². The number of carbonyl (C=O) groups is 2. The van der Waals surface area contributed by atoms with E-state index in [4.69, 9.17) is 21.4 Å². The van der Waals surface area contributed by atoms with Crippen LogP contribution in [0.5, 0.6) is 5.75 Å². The van der Waals surface area contributed by atoms with E-state index in [-0.39, 0.29) is 17.3 Å². The lowest BCUT2D eigenvalue weighted by Gasteiger charge is -2.17. The fourth-order valence-corrected chi connectivity index (χ4v) is 2.06. The van der Waals surface area contributed by atoms with Crippen LogP contribution in [-0.4, -0.2) is 29.6 Å². The topological polar surface area (TPSA) is 75.6 Å². The van der Waals surface area contributed by atoms with E-state index in [0.717, 1.165) is 6.07 Å². The zero-order chi connectivity index (χ0) is 16.7. The van der Waals surface area contributed by atoms with Crippen molar-refractivity contribution in [3.8, 4) is 5.75 Å². The van der Waals surface area contributed by atoms with Gasteiger partial charge >= 0.3 is 5.97 Å². The first-order valence-electron chi connectivity index (χ1n) is 6.97. The molecule has 0 aliphatic rings. The van der Waals surface area contributed by atoms with Crippen molar-refractivity contribution < 1.29 is 23.8 Å². The number of carboxylic acids is 1. The van der Waals surface area contributed by atoms with Crippen LogP contribution in [0.4, 0.5) is 4.39 Å². The van der Waals surface area contributed by atoms with Crippen molar-refractivity contribution in [2.45, 2.75) is 32.8 Å². The molecule has 2 N–H and O–H groups in total. The van der Waals surface area contributed by atoms with Crippen molar-refractivity contribution in [3.05, 3.63) is 29.0 Å². The number of nitrogens with one attached hydrogen (secondary N) is 1. The highest BCUT2D eigenvalue weighted by Crippen LogP contribution is 2.25. The van der Waals surface area contributed by atoms with Crippen LogP contribution in [0.3, 0.4) is 0 Å². The highest BCUT2D eigenvalue weighted by Gasteiger charge is 2.21. The molecule has 0 aliphatic heterocycles. The SMILES string of the molecule is CCCC(CNC(=O)C(C)Oc1ccc(F)cc1Cl)C(=O)O. The standard InChI is InChI=1S/C15H19ClFNO4/c1-3-4-10(15(20)21)8-18-14(19)9(2)22-13-6-5-11(17)7-12(13)16/h5-7,9-10H,3-4,8H2,1-2H3,(H,18,19)(H,20,21). The smallest absolute Gasteiger partial charge is 0.308 e. The molecule has 2 unspecified atom stereocenters. The maximum absolute atomic E-state index is 12.9. The van der Waals surface area contributed by atoms with Gasteiger partial charge in [0.15, 0.2) is 6.10 Å². The second-order valence-electron chi connectivity index (χ2n) is 4.90. The molecule has 0 bridgehead atoms. The Labute approximate surface area is 133 Å². The number of amides is 1. The van der Waals surface area contributed by atoms with Gasteiger partial charge in [-0.15, -0.1) is 0 Å². The lowest BCUT2D eigenvalue weighted by atomic mass is 10.0. The third-order valence-electron chi connectivity index (χ3n) is 3.08. The summed E-state index contributed by atoms with van der Waals surface area (Å²) >= 11 is 5.81. The molecule has 1 amide bonds. The molecule has 2 atom stereocenters. The molecule has 122 valence electrons. The summed E-state index contributed by atoms with van der Waals surface area (Å²) in [5, 5.41) is 11.6. The maximum atomic E-state index is 12.9. The van der Waals surface area contributed by atoms with E-state index in [1.165, 1.54) is 19.1 Å². The van der Waals surface area contributed by atoms with Gasteiger partial charge in [-0.25, -0.2) is 4.39 Å². The summed E-state index contributed by atoms with van der Waals surface area (Å²) in [7, 11) is 0. The van der Waals surface area contributed by atoms with Gasteiger partial charge in [0.1, 0.15) is 11.6 Å². The van der Waals surface area contributed by atoms with Gasteiger partial charge in [0.25, 0.3) is 5.91 Å². The fourth-order valence-electron chi connectivity index (χ4n) is 1.84. The summed E-state index contributed by atoms with van der Waals surface area (Å²) in [6.07, 6.45) is 0.317. The molecule has 22 heavy (non-hydrogen) atoms. The summed E-state index contributed by atoms with van der Waals surface area (Å²) < 4.78 is 18.3. The average molecular weight is 332 g/mol. The number of hydrogen-bond donors (Lipinski definition) is 2. The molecule has 0 saturated heterocycles. The first kappa shape index (κ1) is 18.2. The molecule has 7 heteroatoms. The van der Waals surface area contributed by atoms with E-state index in [9.17, 15) is 14.0 Å². The van der Waals surface area contributed by atoms with Gasteiger partial charge in [-0.1, -0.05) is 24.9 Å². The molecule has 0 saturated carbocycles. The Kier molecular flexibility index (Phi) is 7.11. The summed E-state index contributed by atoms with van der Waals surface area (Å²) in [5.74, 6) is -2.34. The van der Waals surface area contributed by atoms with Crippen LogP contribution >= 0.6 is 11.6 Å². The second kappa shape index (κ2) is 8.58. The van der Waals surface area contributed by atoms with Gasteiger partial charge in [-0.2, -0.15) is 0 Å². The fraction of sp³-hybridized carbons (Fsp3) is 0.467. The van der Waals surface area contributed by atoms with Gasteiger partial charge in [0.05, 0.1) is 10.9 Å². The number of rotatable bonds is 8. The largest absolute Gasteiger partial charge is 0.481 e. The molecule has 0 heterocycles. The summed E-state index contributed by atoms with van der Waals surface area (Å²) in [6.45, 7) is 3.41. The van der Waals surface area contributed by atoms with E-state index in [1.807, 2.05) is 6.92 Å². The van der Waals surface area contributed by atoms with Crippen molar-refractivity contribution in [1.82, 2.24) is 5.32 Å². The van der Waals surface area contributed by atoms with E-state index < -0.39 is 29.7 Å². The minimum Gasteiger partial charge on any atom is -0.481 e. The highest BCUT2D eigenvalue weighted by atomic mass is 35.5. The van der Waals surface area contributed by atoms with Crippen LogP contribution in [0, 0.1) is 11.7 Å². The van der Waals surface area contributed by atoms with Crippen molar-refractivity contribution in [1.29, 1.82) is 0 Å². The lowest BCUT2D eigenvalue weighted by Crippen LogP contribution is -2.40. The van der Waals surface area contributed by atoms with Crippen molar-refractivity contribution >= 4 is 23.5 Å². The van der Waals surface area contributed by atoms with Crippen LogP contribution < -0.4 is 10.1 Å². The second-order valence-corrected chi connectivity index (χ2v) is 5.31. The Morgan fingerprint density at radius 1 is 1.45 bits per heavy atom. The Morgan fingerprint density at radius 2 is 2.14 bits per heavy atom. The molecule has 0 spiro atoms. The first-order valence-corrected chi connectivity index (χ1v) is 7.35. The minimum atomic E-state index is -0.947. The number of ether oxygens (including phenoxy) is 1. The molecular weight excluding hydrogens is 313 g/mol. The van der Waals surface area contributed by atoms with E-state index in [2.05, 4.69) is 5.32 Å². The number of benzene rings is 1. The number of carboxylic acid groups (broad SMARTS) is 1. The highest BCUT2D eigenvalue weighted by molar-refractivity contribution is 6.32. The molecule has 0 aromatic heterocycles. The zero-order valence-electron chi connectivity index (χ0n) is 12.4. The van der Waals surface area contributed by atoms with Crippen LogP contribution in [-0.2, 0) is 9.59 Å². The molecule has 1 rings (SSSR count). The monoisotopic (exact) mass is 331 g/mol. The summed E-state index contributed by atoms with van der Waals surface area (Å²) in [6, 6.07) is 3.59. The maximum Gasteiger partial charge on any atom is 0.308 e. The zero-order valence-corrected chi connectivity index (χ0v) is 13.2. The van der Waals surface area contributed by atoms with Gasteiger partial charge in [-0.05, 0) is 31.5 Å². The van der Waals surface area contributed by atoms with Crippen molar-refractivity contribution in [2.24, 2.45) is 5.92 Å². The molecular formula is C15H19ClFNO4. The number of aliphatic carboxylic acids is 1. The van der Waals surface area contributed by atoms with Gasteiger partial charge in [-0.3, -0.25) is 9.59 Å². The Balaban J connectivity index is 2.56. The first-order chi connectivity index (χ1) is 10.3. The van der Waals surface area contributed by atoms with Gasteiger partial charge in [0, 0.05) is 6.54 Å². The molecule has 0 fully saturated rings. The molecule has 0 radical (unpaired) electrons. The third kappa shape index (κ3) is 5.52. The number of carbonyl (C=O) groups excluding carboxylic acids is 1. The Hall–Kier alpha value is -1.82.